The summed E-state index contributed by atoms with van der Waals surface area (Å²) in [5, 5.41) is 10.8. The van der Waals surface area contributed by atoms with Gasteiger partial charge in [-0.1, -0.05) is 36.7 Å². The van der Waals surface area contributed by atoms with Crippen LogP contribution in [0, 0.1) is 5.92 Å². The van der Waals surface area contributed by atoms with Crippen molar-refractivity contribution in [2.75, 3.05) is 6.54 Å². The molecule has 0 saturated heterocycles. The first-order valence-electron chi connectivity index (χ1n) is 6.40. The third kappa shape index (κ3) is 6.52. The van der Waals surface area contributed by atoms with Gasteiger partial charge in [-0.2, -0.15) is 0 Å². The Morgan fingerprint density at radius 3 is 2.60 bits per heavy atom. The van der Waals surface area contributed by atoms with Crippen molar-refractivity contribution >= 4 is 27.7 Å². The molecule has 6 heteroatoms. The third-order valence-electron chi connectivity index (χ3n) is 2.71. The highest BCUT2D eigenvalue weighted by molar-refractivity contribution is 7.92. The Morgan fingerprint density at radius 1 is 1.35 bits per heavy atom. The molecule has 0 aliphatic rings. The summed E-state index contributed by atoms with van der Waals surface area (Å²) in [5.74, 6) is 0.0680. The van der Waals surface area contributed by atoms with Crippen molar-refractivity contribution in [3.63, 3.8) is 0 Å². The van der Waals surface area contributed by atoms with Crippen LogP contribution in [0.4, 0.5) is 0 Å². The fourth-order valence-electron chi connectivity index (χ4n) is 1.75. The predicted molar refractivity (Wildman–Crippen MR) is 82.9 cm³/mol. The standard InChI is InChI=1S/C14H20ClNO3S/c1-11(9-12(2)17)10-16-20(18,19)8-7-13-5-3-4-6-14(13)15/h3-8,11-12,16-17H,9-10H2,1-2H3/b8-7+. The van der Waals surface area contributed by atoms with E-state index in [9.17, 15) is 13.5 Å². The SMILES string of the molecule is CC(O)CC(C)CNS(=O)(=O)/C=C/c1ccccc1Cl. The van der Waals surface area contributed by atoms with Gasteiger partial charge in [-0.25, -0.2) is 13.1 Å². The second-order valence-corrected chi connectivity index (χ2v) is 6.97. The van der Waals surface area contributed by atoms with Crippen molar-refractivity contribution < 1.29 is 13.5 Å². The Kier molecular flexibility index (Phi) is 6.68. The molecule has 2 atom stereocenters. The largest absolute Gasteiger partial charge is 0.393 e. The first-order chi connectivity index (χ1) is 9.30. The van der Waals surface area contributed by atoms with Gasteiger partial charge in [0.15, 0.2) is 0 Å². The van der Waals surface area contributed by atoms with Crippen molar-refractivity contribution in [2.45, 2.75) is 26.4 Å². The lowest BCUT2D eigenvalue weighted by molar-refractivity contribution is 0.165. The molecule has 112 valence electrons. The summed E-state index contributed by atoms with van der Waals surface area (Å²) >= 11 is 5.94. The van der Waals surface area contributed by atoms with E-state index in [4.69, 9.17) is 11.6 Å². The lowest BCUT2D eigenvalue weighted by atomic mass is 10.1. The van der Waals surface area contributed by atoms with Crippen LogP contribution in [0.25, 0.3) is 6.08 Å². The molecule has 2 N–H and O–H groups in total. The molecule has 0 amide bonds. The zero-order valence-electron chi connectivity index (χ0n) is 11.6. The highest BCUT2D eigenvalue weighted by Crippen LogP contribution is 2.16. The van der Waals surface area contributed by atoms with Crippen LogP contribution in [0.15, 0.2) is 29.7 Å². The number of aliphatic hydroxyl groups is 1. The topological polar surface area (TPSA) is 66.4 Å². The van der Waals surface area contributed by atoms with Gasteiger partial charge >= 0.3 is 0 Å². The van der Waals surface area contributed by atoms with Crippen molar-refractivity contribution in [2.24, 2.45) is 5.92 Å². The fraction of sp³-hybridized carbons (Fsp3) is 0.429. The summed E-state index contributed by atoms with van der Waals surface area (Å²) in [7, 11) is -3.50. The molecule has 0 radical (unpaired) electrons. The lowest BCUT2D eigenvalue weighted by Crippen LogP contribution is -2.28. The van der Waals surface area contributed by atoms with Gasteiger partial charge in [0.2, 0.25) is 10.0 Å². The summed E-state index contributed by atoms with van der Waals surface area (Å²) in [6, 6.07) is 7.01. The maximum Gasteiger partial charge on any atom is 0.233 e. The van der Waals surface area contributed by atoms with Crippen molar-refractivity contribution in [1.29, 1.82) is 0 Å². The zero-order chi connectivity index (χ0) is 15.2. The van der Waals surface area contributed by atoms with Crippen molar-refractivity contribution in [1.82, 2.24) is 4.72 Å². The second-order valence-electron chi connectivity index (χ2n) is 4.91. The molecule has 0 heterocycles. The highest BCUT2D eigenvalue weighted by Gasteiger charge is 2.10. The minimum Gasteiger partial charge on any atom is -0.393 e. The van der Waals surface area contributed by atoms with E-state index < -0.39 is 16.1 Å². The summed E-state index contributed by atoms with van der Waals surface area (Å²) in [4.78, 5) is 0. The van der Waals surface area contributed by atoms with Gasteiger partial charge in [0.05, 0.1) is 6.10 Å². The molecule has 4 nitrogen and oxygen atoms in total. The maximum atomic E-state index is 11.8. The number of hydrogen-bond acceptors (Lipinski definition) is 3. The number of benzene rings is 1. The van der Waals surface area contributed by atoms with E-state index in [2.05, 4.69) is 4.72 Å². The molecule has 1 aromatic rings. The second kappa shape index (κ2) is 7.78. The number of halogens is 1. The highest BCUT2D eigenvalue weighted by atomic mass is 35.5. The van der Waals surface area contributed by atoms with Crippen LogP contribution in [0.3, 0.4) is 0 Å². The maximum absolute atomic E-state index is 11.8. The molecule has 1 aromatic carbocycles. The Labute approximate surface area is 125 Å². The third-order valence-corrected chi connectivity index (χ3v) is 4.12. The molecule has 0 saturated carbocycles. The van der Waals surface area contributed by atoms with Crippen molar-refractivity contribution in [3.8, 4) is 0 Å². The summed E-state index contributed by atoms with van der Waals surface area (Å²) in [6.45, 7) is 3.86. The molecule has 0 bridgehead atoms. The Morgan fingerprint density at radius 2 is 2.00 bits per heavy atom. The van der Waals surface area contributed by atoms with E-state index in [1.54, 1.807) is 31.2 Å². The number of aliphatic hydroxyl groups excluding tert-OH is 1. The average Bonchev–Trinajstić information content (AvgIpc) is 2.35. The minimum absolute atomic E-state index is 0.0680. The van der Waals surface area contributed by atoms with E-state index in [1.807, 2.05) is 6.92 Å². The molecule has 2 unspecified atom stereocenters. The van der Waals surface area contributed by atoms with Gasteiger partial charge in [0.25, 0.3) is 0 Å². The van der Waals surface area contributed by atoms with E-state index >= 15 is 0 Å². The summed E-state index contributed by atoms with van der Waals surface area (Å²) in [5.41, 5.74) is 0.650. The van der Waals surface area contributed by atoms with Crippen LogP contribution in [0.2, 0.25) is 5.02 Å². The molecule has 0 aliphatic heterocycles. The Bertz CT molecular complexity index is 555. The van der Waals surface area contributed by atoms with Gasteiger partial charge in [-0.05, 0) is 37.0 Å². The number of hydrogen-bond donors (Lipinski definition) is 2. The molecular formula is C14H20ClNO3S. The molecule has 0 aromatic heterocycles. The van der Waals surface area contributed by atoms with Gasteiger partial charge in [0.1, 0.15) is 0 Å². The molecule has 1 rings (SSSR count). The van der Waals surface area contributed by atoms with E-state index in [1.165, 1.54) is 6.08 Å². The van der Waals surface area contributed by atoms with E-state index in [0.29, 0.717) is 23.6 Å². The molecule has 20 heavy (non-hydrogen) atoms. The fourth-order valence-corrected chi connectivity index (χ4v) is 2.88. The first kappa shape index (κ1) is 17.2. The Hall–Kier alpha value is -0.880. The van der Waals surface area contributed by atoms with E-state index in [0.717, 1.165) is 5.41 Å². The molecule has 0 spiro atoms. The average molecular weight is 318 g/mol. The number of rotatable bonds is 7. The van der Waals surface area contributed by atoms with Crippen LogP contribution >= 0.6 is 11.6 Å². The Balaban J connectivity index is 2.60. The van der Waals surface area contributed by atoms with Crippen LogP contribution in [-0.2, 0) is 10.0 Å². The number of nitrogens with one attached hydrogen (secondary N) is 1. The van der Waals surface area contributed by atoms with Crippen LogP contribution in [-0.4, -0.2) is 26.2 Å². The summed E-state index contributed by atoms with van der Waals surface area (Å²) in [6.07, 6.45) is 1.58. The van der Waals surface area contributed by atoms with Gasteiger partial charge < -0.3 is 5.11 Å². The molecule has 0 aliphatic carbocycles. The van der Waals surface area contributed by atoms with E-state index in [-0.39, 0.29) is 5.92 Å². The smallest absolute Gasteiger partial charge is 0.233 e. The first-order valence-corrected chi connectivity index (χ1v) is 8.33. The zero-order valence-corrected chi connectivity index (χ0v) is 13.2. The molecule has 0 fully saturated rings. The van der Waals surface area contributed by atoms with Gasteiger partial charge in [-0.3, -0.25) is 0 Å². The van der Waals surface area contributed by atoms with Crippen LogP contribution < -0.4 is 4.72 Å². The van der Waals surface area contributed by atoms with Crippen LogP contribution in [0.5, 0.6) is 0 Å². The monoisotopic (exact) mass is 317 g/mol. The lowest BCUT2D eigenvalue weighted by Gasteiger charge is -2.13. The normalized spacial score (nSPS) is 15.4. The molecular weight excluding hydrogens is 298 g/mol. The van der Waals surface area contributed by atoms with Gasteiger partial charge in [-0.15, -0.1) is 0 Å². The number of sulfonamides is 1. The van der Waals surface area contributed by atoms with Gasteiger partial charge in [0, 0.05) is 17.0 Å². The quantitative estimate of drug-likeness (QED) is 0.812. The summed E-state index contributed by atoms with van der Waals surface area (Å²) < 4.78 is 26.1. The van der Waals surface area contributed by atoms with Crippen LogP contribution in [0.1, 0.15) is 25.8 Å². The van der Waals surface area contributed by atoms with Crippen molar-refractivity contribution in [3.05, 3.63) is 40.3 Å². The predicted octanol–water partition coefficient (Wildman–Crippen LogP) is 2.64. The minimum atomic E-state index is -3.50.